The maximum atomic E-state index is 12.7. The van der Waals surface area contributed by atoms with Crippen LogP contribution in [0.2, 0.25) is 0 Å². The zero-order chi connectivity index (χ0) is 14.8. The zero-order valence-electron chi connectivity index (χ0n) is 12.1. The molecule has 3 heterocycles. The molecule has 2 aliphatic rings. The molecule has 0 saturated heterocycles. The van der Waals surface area contributed by atoms with Crippen LogP contribution in [0.25, 0.3) is 0 Å². The highest BCUT2D eigenvalue weighted by Crippen LogP contribution is 2.56. The molecule has 0 bridgehead atoms. The van der Waals surface area contributed by atoms with Gasteiger partial charge in [0.1, 0.15) is 17.7 Å². The number of fused-ring (bicyclic) bond motifs is 4. The maximum absolute atomic E-state index is 12.7. The zero-order valence-corrected chi connectivity index (χ0v) is 12.1. The quantitative estimate of drug-likeness (QED) is 0.586. The summed E-state index contributed by atoms with van der Waals surface area (Å²) in [4.78, 5) is 23.2. The summed E-state index contributed by atoms with van der Waals surface area (Å²) in [7, 11) is 5.57. The fourth-order valence-corrected chi connectivity index (χ4v) is 2.88. The number of carbonyl (C=O) groups excluding carboxylic acids is 1. The first-order valence-corrected chi connectivity index (χ1v) is 6.78. The summed E-state index contributed by atoms with van der Waals surface area (Å²) in [6.07, 6.45) is 4.99. The highest BCUT2D eigenvalue weighted by Gasteiger charge is 2.57. The molecule has 21 heavy (non-hydrogen) atoms. The van der Waals surface area contributed by atoms with Crippen molar-refractivity contribution in [2.45, 2.75) is 18.3 Å². The molecule has 1 saturated carbocycles. The Labute approximate surface area is 121 Å². The smallest absolute Gasteiger partial charge is 0.285 e. The second kappa shape index (κ2) is 3.78. The molecule has 0 atom stereocenters. The van der Waals surface area contributed by atoms with Crippen LogP contribution < -0.4 is 0 Å². The lowest BCUT2D eigenvalue weighted by atomic mass is 9.94. The van der Waals surface area contributed by atoms with Gasteiger partial charge in [0.15, 0.2) is 5.82 Å². The molecule has 108 valence electrons. The molecule has 4 rings (SSSR count). The molecule has 8 nitrogen and oxygen atoms in total. The van der Waals surface area contributed by atoms with Gasteiger partial charge in [-0.2, -0.15) is 14.9 Å². The minimum absolute atomic E-state index is 0.200. The predicted octanol–water partition coefficient (Wildman–Crippen LogP) is 0.315. The third-order valence-corrected chi connectivity index (χ3v) is 4.01. The van der Waals surface area contributed by atoms with E-state index >= 15 is 0 Å². The Kier molecular flexibility index (Phi) is 2.20. The van der Waals surface area contributed by atoms with Gasteiger partial charge in [0, 0.05) is 21.1 Å². The standard InChI is InChI=1S/C13H15N7O/c1-18(2)7-15-10-8-9(17-19(10)3)13(4-5-13)12-14-6-16-20(12)11(8)21/h6-7H,4-5H2,1-3H3/b15-7+. The van der Waals surface area contributed by atoms with Gasteiger partial charge in [-0.1, -0.05) is 0 Å². The summed E-state index contributed by atoms with van der Waals surface area (Å²) in [5.41, 5.74) is 1.09. The fourth-order valence-electron chi connectivity index (χ4n) is 2.88. The van der Waals surface area contributed by atoms with Gasteiger partial charge < -0.3 is 4.90 Å². The van der Waals surface area contributed by atoms with Crippen molar-refractivity contribution in [3.05, 3.63) is 23.4 Å². The minimum Gasteiger partial charge on any atom is -0.369 e. The van der Waals surface area contributed by atoms with Crippen LogP contribution in [0.15, 0.2) is 11.3 Å². The summed E-state index contributed by atoms with van der Waals surface area (Å²) in [6.45, 7) is 0. The molecule has 0 unspecified atom stereocenters. The van der Waals surface area contributed by atoms with Gasteiger partial charge in [-0.3, -0.25) is 4.79 Å². The van der Waals surface area contributed by atoms with Crippen LogP contribution in [0.5, 0.6) is 0 Å². The Morgan fingerprint density at radius 1 is 1.43 bits per heavy atom. The monoisotopic (exact) mass is 285 g/mol. The lowest BCUT2D eigenvalue weighted by Gasteiger charge is -2.19. The summed E-state index contributed by atoms with van der Waals surface area (Å²) < 4.78 is 3.06. The van der Waals surface area contributed by atoms with E-state index in [1.807, 2.05) is 19.0 Å². The number of aliphatic imine (C=N–C) groups is 1. The van der Waals surface area contributed by atoms with E-state index in [1.54, 1.807) is 18.1 Å². The van der Waals surface area contributed by atoms with Crippen LogP contribution in [0.1, 0.15) is 34.7 Å². The lowest BCUT2D eigenvalue weighted by molar-refractivity contribution is 0.0931. The average Bonchev–Trinajstić information content (AvgIpc) is 2.93. The highest BCUT2D eigenvalue weighted by atomic mass is 16.2. The van der Waals surface area contributed by atoms with Gasteiger partial charge in [0.05, 0.1) is 17.4 Å². The molecule has 1 spiro atoms. The number of aryl methyl sites for hydroxylation is 1. The molecule has 0 N–H and O–H groups in total. The molecule has 1 fully saturated rings. The Balaban J connectivity index is 1.95. The Bertz CT molecular complexity index is 779. The molecular formula is C13H15N7O. The summed E-state index contributed by atoms with van der Waals surface area (Å²) in [6, 6.07) is 0. The molecule has 2 aromatic heterocycles. The number of aromatic nitrogens is 5. The topological polar surface area (TPSA) is 81.2 Å². The van der Waals surface area contributed by atoms with Crippen molar-refractivity contribution in [1.29, 1.82) is 0 Å². The van der Waals surface area contributed by atoms with E-state index in [9.17, 15) is 4.79 Å². The van der Waals surface area contributed by atoms with E-state index in [2.05, 4.69) is 20.2 Å². The van der Waals surface area contributed by atoms with Crippen molar-refractivity contribution >= 4 is 18.1 Å². The van der Waals surface area contributed by atoms with Crippen molar-refractivity contribution < 1.29 is 4.79 Å². The van der Waals surface area contributed by atoms with Gasteiger partial charge in [0.25, 0.3) is 5.91 Å². The predicted molar refractivity (Wildman–Crippen MR) is 74.8 cm³/mol. The van der Waals surface area contributed by atoms with Gasteiger partial charge in [-0.25, -0.2) is 14.7 Å². The summed E-state index contributed by atoms with van der Waals surface area (Å²) >= 11 is 0. The first kappa shape index (κ1) is 12.2. The van der Waals surface area contributed by atoms with Crippen LogP contribution in [0, 0.1) is 0 Å². The molecule has 2 aromatic rings. The van der Waals surface area contributed by atoms with Crippen molar-refractivity contribution in [2.24, 2.45) is 12.0 Å². The van der Waals surface area contributed by atoms with Gasteiger partial charge >= 0.3 is 0 Å². The van der Waals surface area contributed by atoms with E-state index in [1.165, 1.54) is 11.0 Å². The van der Waals surface area contributed by atoms with Crippen LogP contribution in [-0.4, -0.2) is 55.8 Å². The van der Waals surface area contributed by atoms with Crippen LogP contribution in [-0.2, 0) is 12.5 Å². The average molecular weight is 285 g/mol. The largest absolute Gasteiger partial charge is 0.369 e. The van der Waals surface area contributed by atoms with Crippen molar-refractivity contribution in [3.63, 3.8) is 0 Å². The number of hydrogen-bond acceptors (Lipinski definition) is 5. The number of rotatable bonds is 2. The van der Waals surface area contributed by atoms with E-state index in [0.29, 0.717) is 17.2 Å². The molecule has 1 aliphatic heterocycles. The van der Waals surface area contributed by atoms with E-state index in [0.717, 1.165) is 18.5 Å². The maximum Gasteiger partial charge on any atom is 0.285 e. The van der Waals surface area contributed by atoms with Gasteiger partial charge in [-0.15, -0.1) is 0 Å². The van der Waals surface area contributed by atoms with E-state index < -0.39 is 0 Å². The normalized spacial score (nSPS) is 18.1. The number of hydrogen-bond donors (Lipinski definition) is 0. The van der Waals surface area contributed by atoms with Crippen molar-refractivity contribution in [2.75, 3.05) is 14.1 Å². The Morgan fingerprint density at radius 3 is 2.86 bits per heavy atom. The lowest BCUT2D eigenvalue weighted by Crippen LogP contribution is -2.31. The second-order valence-corrected chi connectivity index (χ2v) is 5.76. The molecule has 8 heteroatoms. The number of carbonyl (C=O) groups is 1. The first-order chi connectivity index (χ1) is 10.0. The molecule has 1 aliphatic carbocycles. The molecule has 0 aromatic carbocycles. The molecule has 0 amide bonds. The van der Waals surface area contributed by atoms with Crippen LogP contribution in [0.3, 0.4) is 0 Å². The first-order valence-electron chi connectivity index (χ1n) is 6.78. The third-order valence-electron chi connectivity index (χ3n) is 4.01. The van der Waals surface area contributed by atoms with E-state index in [-0.39, 0.29) is 11.3 Å². The Hall–Kier alpha value is -2.51. The summed E-state index contributed by atoms with van der Waals surface area (Å²) in [5, 5.41) is 8.63. The SMILES string of the molecule is CN(C)/C=N/c1c2c(nn1C)C1(CC1)c1ncnn1C2=O. The highest BCUT2D eigenvalue weighted by molar-refractivity contribution is 6.03. The molecular weight excluding hydrogens is 270 g/mol. The van der Waals surface area contributed by atoms with E-state index in [4.69, 9.17) is 0 Å². The number of nitrogens with zero attached hydrogens (tertiary/aromatic N) is 7. The Morgan fingerprint density at radius 2 is 2.19 bits per heavy atom. The van der Waals surface area contributed by atoms with Crippen molar-refractivity contribution in [1.82, 2.24) is 29.4 Å². The fraction of sp³-hybridized carbons (Fsp3) is 0.462. The van der Waals surface area contributed by atoms with Gasteiger partial charge in [0.2, 0.25) is 0 Å². The minimum atomic E-state index is -0.247. The third kappa shape index (κ3) is 1.47. The van der Waals surface area contributed by atoms with Crippen LogP contribution >= 0.6 is 0 Å². The summed E-state index contributed by atoms with van der Waals surface area (Å²) in [5.74, 6) is 1.08. The van der Waals surface area contributed by atoms with Crippen molar-refractivity contribution in [3.8, 4) is 0 Å². The molecule has 0 radical (unpaired) electrons. The van der Waals surface area contributed by atoms with Crippen LogP contribution in [0.4, 0.5) is 5.82 Å². The second-order valence-electron chi connectivity index (χ2n) is 5.76. The van der Waals surface area contributed by atoms with Gasteiger partial charge in [-0.05, 0) is 12.8 Å².